The highest BCUT2D eigenvalue weighted by Crippen LogP contribution is 2.32. The van der Waals surface area contributed by atoms with Crippen molar-refractivity contribution in [1.29, 1.82) is 0 Å². The van der Waals surface area contributed by atoms with Crippen molar-refractivity contribution >= 4 is 21.8 Å². The summed E-state index contributed by atoms with van der Waals surface area (Å²) in [6, 6.07) is 13.2. The Kier molecular flexibility index (Phi) is 5.58. The molecule has 0 fully saturated rings. The minimum absolute atomic E-state index is 0.202. The number of hydrogen-bond acceptors (Lipinski definition) is 4. The van der Waals surface area contributed by atoms with Gasteiger partial charge in [-0.15, -0.1) is 0 Å². The summed E-state index contributed by atoms with van der Waals surface area (Å²) in [5, 5.41) is 9.82. The first-order valence-electron chi connectivity index (χ1n) is 7.90. The Balaban J connectivity index is 1.79. The second-order valence-electron chi connectivity index (χ2n) is 5.54. The molecule has 0 bridgehead atoms. The maximum atomic E-state index is 12.6. The number of carbonyl (C=O) groups is 1. The third-order valence-electron chi connectivity index (χ3n) is 3.92. The molecule has 134 valence electrons. The van der Waals surface area contributed by atoms with Gasteiger partial charge in [-0.3, -0.25) is 9.89 Å². The van der Waals surface area contributed by atoms with E-state index in [2.05, 4.69) is 31.4 Å². The molecule has 0 radical (unpaired) electrons. The fraction of sp³-hybridized carbons (Fsp3) is 0.158. The zero-order chi connectivity index (χ0) is 18.5. The number of nitrogens with zero attached hydrogens (tertiary/aromatic N) is 1. The lowest BCUT2D eigenvalue weighted by Crippen LogP contribution is -2.22. The monoisotopic (exact) mass is 415 g/mol. The van der Waals surface area contributed by atoms with Crippen LogP contribution in [0.4, 0.5) is 0 Å². The predicted octanol–water partition coefficient (Wildman–Crippen LogP) is 3.79. The zero-order valence-corrected chi connectivity index (χ0v) is 16.0. The van der Waals surface area contributed by atoms with E-state index in [4.69, 9.17) is 9.47 Å². The number of hydrogen-bond donors (Lipinski definition) is 2. The number of aromatic amines is 1. The lowest BCUT2D eigenvalue weighted by molar-refractivity contribution is 0.0951. The fourth-order valence-corrected chi connectivity index (χ4v) is 2.81. The molecule has 6 nitrogen and oxygen atoms in total. The van der Waals surface area contributed by atoms with Crippen molar-refractivity contribution < 1.29 is 14.3 Å². The van der Waals surface area contributed by atoms with Gasteiger partial charge in [-0.25, -0.2) is 0 Å². The van der Waals surface area contributed by atoms with Crippen molar-refractivity contribution in [2.45, 2.75) is 6.54 Å². The molecule has 0 unspecified atom stereocenters. The molecule has 0 aliphatic carbocycles. The van der Waals surface area contributed by atoms with Gasteiger partial charge in [-0.05, 0) is 35.9 Å². The van der Waals surface area contributed by atoms with E-state index in [0.717, 1.165) is 15.6 Å². The average Bonchev–Trinajstić information content (AvgIpc) is 3.16. The Morgan fingerprint density at radius 2 is 1.85 bits per heavy atom. The van der Waals surface area contributed by atoms with E-state index in [1.807, 2.05) is 30.3 Å². The second kappa shape index (κ2) is 8.05. The van der Waals surface area contributed by atoms with Gasteiger partial charge in [0.25, 0.3) is 5.91 Å². The molecule has 2 N–H and O–H groups in total. The molecule has 2 aromatic carbocycles. The normalized spacial score (nSPS) is 10.4. The van der Waals surface area contributed by atoms with Crippen LogP contribution < -0.4 is 14.8 Å². The van der Waals surface area contributed by atoms with Crippen LogP contribution in [-0.2, 0) is 6.54 Å². The Morgan fingerprint density at radius 3 is 2.54 bits per heavy atom. The summed E-state index contributed by atoms with van der Waals surface area (Å²) in [4.78, 5) is 12.6. The molecule has 7 heteroatoms. The molecule has 3 aromatic rings. The number of rotatable bonds is 6. The van der Waals surface area contributed by atoms with E-state index in [1.54, 1.807) is 26.4 Å². The third-order valence-corrected chi connectivity index (χ3v) is 4.45. The summed E-state index contributed by atoms with van der Waals surface area (Å²) in [6.07, 6.45) is 1.52. The zero-order valence-electron chi connectivity index (χ0n) is 14.4. The molecule has 26 heavy (non-hydrogen) atoms. The molecule has 0 saturated carbocycles. The van der Waals surface area contributed by atoms with E-state index >= 15 is 0 Å². The molecule has 0 spiro atoms. The molecule has 1 amide bonds. The van der Waals surface area contributed by atoms with Crippen molar-refractivity contribution in [3.8, 4) is 22.8 Å². The van der Waals surface area contributed by atoms with E-state index in [-0.39, 0.29) is 5.91 Å². The second-order valence-corrected chi connectivity index (χ2v) is 6.45. The minimum atomic E-state index is -0.202. The van der Waals surface area contributed by atoms with Gasteiger partial charge < -0.3 is 14.8 Å². The summed E-state index contributed by atoms with van der Waals surface area (Å²) < 4.78 is 11.6. The van der Waals surface area contributed by atoms with Crippen LogP contribution >= 0.6 is 15.9 Å². The van der Waals surface area contributed by atoms with E-state index in [1.165, 1.54) is 6.20 Å². The molecule has 0 aliphatic rings. The molecule has 3 rings (SSSR count). The van der Waals surface area contributed by atoms with E-state index < -0.39 is 0 Å². The number of nitrogens with one attached hydrogen (secondary N) is 2. The predicted molar refractivity (Wildman–Crippen MR) is 102 cm³/mol. The van der Waals surface area contributed by atoms with E-state index in [0.29, 0.717) is 29.3 Å². The van der Waals surface area contributed by atoms with Crippen LogP contribution in [0.5, 0.6) is 11.5 Å². The van der Waals surface area contributed by atoms with Crippen LogP contribution in [0.25, 0.3) is 11.3 Å². The van der Waals surface area contributed by atoms with Gasteiger partial charge in [0.15, 0.2) is 11.5 Å². The van der Waals surface area contributed by atoms with Crippen LogP contribution in [0.15, 0.2) is 53.1 Å². The highest BCUT2D eigenvalue weighted by molar-refractivity contribution is 9.10. The van der Waals surface area contributed by atoms with Gasteiger partial charge in [-0.1, -0.05) is 28.1 Å². The summed E-state index contributed by atoms with van der Waals surface area (Å²) in [5.74, 6) is 1.00. The Bertz CT molecular complexity index is 907. The van der Waals surface area contributed by atoms with Gasteiger partial charge in [0, 0.05) is 16.6 Å². The Morgan fingerprint density at radius 1 is 1.12 bits per heavy atom. The topological polar surface area (TPSA) is 76.2 Å². The average molecular weight is 416 g/mol. The van der Waals surface area contributed by atoms with Gasteiger partial charge in [0.05, 0.1) is 31.7 Å². The number of methoxy groups -OCH3 is 2. The third kappa shape index (κ3) is 3.88. The molecular formula is C19H18BrN3O3. The molecule has 1 heterocycles. The summed E-state index contributed by atoms with van der Waals surface area (Å²) in [7, 11) is 3.15. The summed E-state index contributed by atoms with van der Waals surface area (Å²) in [5.41, 5.74) is 2.89. The van der Waals surface area contributed by atoms with Crippen LogP contribution in [0.1, 0.15) is 15.9 Å². The number of benzene rings is 2. The fourth-order valence-electron chi connectivity index (χ4n) is 2.55. The Hall–Kier alpha value is -2.80. The first-order chi connectivity index (χ1) is 12.6. The number of H-pyrrole nitrogens is 1. The number of halogens is 1. The Labute approximate surface area is 159 Å². The van der Waals surface area contributed by atoms with Crippen LogP contribution in [0, 0.1) is 0 Å². The summed E-state index contributed by atoms with van der Waals surface area (Å²) in [6.45, 7) is 0.433. The number of aromatic nitrogens is 2. The molecule has 0 saturated heterocycles. The quantitative estimate of drug-likeness (QED) is 0.641. The number of ether oxygens (including phenoxy) is 2. The molecule has 0 aliphatic heterocycles. The molecular weight excluding hydrogens is 398 g/mol. The first-order valence-corrected chi connectivity index (χ1v) is 8.70. The van der Waals surface area contributed by atoms with Crippen LogP contribution in [0.2, 0.25) is 0 Å². The lowest BCUT2D eigenvalue weighted by Gasteiger charge is -2.10. The van der Waals surface area contributed by atoms with Gasteiger partial charge in [0.2, 0.25) is 0 Å². The van der Waals surface area contributed by atoms with Crippen LogP contribution in [0.3, 0.4) is 0 Å². The van der Waals surface area contributed by atoms with Crippen molar-refractivity contribution in [3.63, 3.8) is 0 Å². The molecule has 1 aromatic heterocycles. The van der Waals surface area contributed by atoms with Crippen molar-refractivity contribution in [2.75, 3.05) is 14.2 Å². The molecule has 0 atom stereocenters. The lowest BCUT2D eigenvalue weighted by atomic mass is 10.1. The smallest absolute Gasteiger partial charge is 0.255 e. The summed E-state index contributed by atoms with van der Waals surface area (Å²) >= 11 is 3.40. The standard InChI is InChI=1S/C19H18BrN3O3/c1-25-16-8-5-13(9-17(16)26-2)18-15(11-22-23-18)19(24)21-10-12-3-6-14(20)7-4-12/h3-9,11H,10H2,1-2H3,(H,21,24)(H,22,23). The van der Waals surface area contributed by atoms with Gasteiger partial charge in [0.1, 0.15) is 0 Å². The number of carbonyl (C=O) groups excluding carboxylic acids is 1. The van der Waals surface area contributed by atoms with Crippen LogP contribution in [-0.4, -0.2) is 30.3 Å². The minimum Gasteiger partial charge on any atom is -0.493 e. The maximum Gasteiger partial charge on any atom is 0.255 e. The van der Waals surface area contributed by atoms with E-state index in [9.17, 15) is 4.79 Å². The highest BCUT2D eigenvalue weighted by atomic mass is 79.9. The first kappa shape index (κ1) is 18.0. The number of amides is 1. The SMILES string of the molecule is COc1ccc(-c2[nH]ncc2C(=O)NCc2ccc(Br)cc2)cc1OC. The van der Waals surface area contributed by atoms with Crippen molar-refractivity contribution in [2.24, 2.45) is 0 Å². The van der Waals surface area contributed by atoms with Gasteiger partial charge >= 0.3 is 0 Å². The highest BCUT2D eigenvalue weighted by Gasteiger charge is 2.16. The largest absolute Gasteiger partial charge is 0.493 e. The van der Waals surface area contributed by atoms with Crippen molar-refractivity contribution in [1.82, 2.24) is 15.5 Å². The van der Waals surface area contributed by atoms with Gasteiger partial charge in [-0.2, -0.15) is 5.10 Å². The maximum absolute atomic E-state index is 12.6. The van der Waals surface area contributed by atoms with Crippen molar-refractivity contribution in [3.05, 3.63) is 64.3 Å².